The van der Waals surface area contributed by atoms with Gasteiger partial charge in [0.05, 0.1) is 18.2 Å². The predicted octanol–water partition coefficient (Wildman–Crippen LogP) is 7.91. The third kappa shape index (κ3) is 7.40. The zero-order valence-electron chi connectivity index (χ0n) is 15.7. The molecule has 27 heavy (non-hydrogen) atoms. The lowest BCUT2D eigenvalue weighted by molar-refractivity contribution is 0.304. The molecule has 2 aromatic carbocycles. The van der Waals surface area contributed by atoms with Crippen LogP contribution in [0.3, 0.4) is 0 Å². The second-order valence-corrected chi connectivity index (χ2v) is 7.83. The van der Waals surface area contributed by atoms with Crippen LogP contribution in [0.1, 0.15) is 56.6 Å². The Kier molecular flexibility index (Phi) is 9.45. The van der Waals surface area contributed by atoms with Crippen molar-refractivity contribution in [1.82, 2.24) is 0 Å². The van der Waals surface area contributed by atoms with Crippen molar-refractivity contribution in [3.05, 3.63) is 63.1 Å². The summed E-state index contributed by atoms with van der Waals surface area (Å²) in [6.07, 6.45) is 9.17. The maximum absolute atomic E-state index is 9.58. The van der Waals surface area contributed by atoms with Crippen molar-refractivity contribution in [2.75, 3.05) is 6.61 Å². The normalized spacial score (nSPS) is 11.3. The highest BCUT2D eigenvalue weighted by Crippen LogP contribution is 2.28. The quantitative estimate of drug-likeness (QED) is 0.211. The second kappa shape index (κ2) is 11.8. The molecule has 0 radical (unpaired) electrons. The Balaban J connectivity index is 2.08. The summed E-state index contributed by atoms with van der Waals surface area (Å²) >= 11 is 9.59. The van der Waals surface area contributed by atoms with E-state index in [4.69, 9.17) is 16.3 Å². The van der Waals surface area contributed by atoms with Gasteiger partial charge in [-0.15, -0.1) is 0 Å². The average molecular weight is 447 g/mol. The van der Waals surface area contributed by atoms with Gasteiger partial charge in [0.25, 0.3) is 0 Å². The molecule has 0 fully saturated rings. The lowest BCUT2D eigenvalue weighted by Crippen LogP contribution is -1.99. The maximum atomic E-state index is 9.58. The van der Waals surface area contributed by atoms with Gasteiger partial charge in [0.2, 0.25) is 0 Å². The van der Waals surface area contributed by atoms with Crippen molar-refractivity contribution in [3.63, 3.8) is 0 Å². The summed E-state index contributed by atoms with van der Waals surface area (Å²) in [6, 6.07) is 15.5. The molecule has 4 heteroatoms. The van der Waals surface area contributed by atoms with E-state index in [1.165, 1.54) is 32.1 Å². The number of hydrogen-bond donors (Lipinski definition) is 0. The first-order valence-corrected chi connectivity index (χ1v) is 10.6. The van der Waals surface area contributed by atoms with Crippen LogP contribution in [0.15, 0.2) is 46.9 Å². The minimum absolute atomic E-state index is 0.578. The van der Waals surface area contributed by atoms with Gasteiger partial charge in [-0.3, -0.25) is 0 Å². The summed E-state index contributed by atoms with van der Waals surface area (Å²) in [6.45, 7) is 2.90. The zero-order chi connectivity index (χ0) is 19.5. The van der Waals surface area contributed by atoms with Crippen LogP contribution in [0, 0.1) is 11.3 Å². The summed E-state index contributed by atoms with van der Waals surface area (Å²) in [7, 11) is 0. The van der Waals surface area contributed by atoms with Crippen LogP contribution < -0.4 is 4.74 Å². The molecule has 0 bridgehead atoms. The van der Waals surface area contributed by atoms with E-state index in [1.807, 2.05) is 48.5 Å². The Labute approximate surface area is 175 Å². The number of benzene rings is 2. The highest BCUT2D eigenvalue weighted by atomic mass is 79.9. The van der Waals surface area contributed by atoms with Crippen LogP contribution in [0.25, 0.3) is 11.6 Å². The molecule has 0 atom stereocenters. The van der Waals surface area contributed by atoms with Crippen molar-refractivity contribution in [1.29, 1.82) is 5.26 Å². The van der Waals surface area contributed by atoms with Gasteiger partial charge in [0.15, 0.2) is 0 Å². The molecule has 0 unspecified atom stereocenters. The molecule has 0 saturated heterocycles. The van der Waals surface area contributed by atoms with Gasteiger partial charge in [-0.25, -0.2) is 0 Å². The van der Waals surface area contributed by atoms with Crippen LogP contribution in [0.2, 0.25) is 5.02 Å². The third-order valence-corrected chi connectivity index (χ3v) is 5.07. The zero-order valence-corrected chi connectivity index (χ0v) is 18.0. The molecule has 142 valence electrons. The van der Waals surface area contributed by atoms with E-state index in [1.54, 1.807) is 0 Å². The summed E-state index contributed by atoms with van der Waals surface area (Å²) in [5, 5.41) is 10.2. The van der Waals surface area contributed by atoms with Crippen LogP contribution >= 0.6 is 27.5 Å². The fraction of sp³-hybridized carbons (Fsp3) is 0.348. The Morgan fingerprint density at radius 1 is 1.07 bits per heavy atom. The highest BCUT2D eigenvalue weighted by Gasteiger charge is 2.07. The molecule has 2 nitrogen and oxygen atoms in total. The molecule has 0 aliphatic rings. The van der Waals surface area contributed by atoms with E-state index in [2.05, 4.69) is 28.9 Å². The van der Waals surface area contributed by atoms with Gasteiger partial charge in [0, 0.05) is 15.1 Å². The molecule has 0 spiro atoms. The molecule has 0 aliphatic heterocycles. The first-order chi connectivity index (χ1) is 13.1. The van der Waals surface area contributed by atoms with Gasteiger partial charge in [-0.05, 0) is 48.4 Å². The standard InChI is InChI=1S/C23H25BrClNO/c1-2-3-4-5-6-7-14-27-23-13-12-22(25)16-19(23)15-20(17-26)18-8-10-21(24)11-9-18/h8-13,15-16H,2-7,14H2,1H3/b20-15+. The number of rotatable bonds is 10. The van der Waals surface area contributed by atoms with Crippen LogP contribution in [-0.2, 0) is 0 Å². The Bertz CT molecular complexity index is 793. The van der Waals surface area contributed by atoms with E-state index in [9.17, 15) is 5.26 Å². The van der Waals surface area contributed by atoms with Gasteiger partial charge in [0.1, 0.15) is 5.75 Å². The molecule has 0 heterocycles. The van der Waals surface area contributed by atoms with Gasteiger partial charge < -0.3 is 4.74 Å². The fourth-order valence-electron chi connectivity index (χ4n) is 2.79. The fourth-order valence-corrected chi connectivity index (χ4v) is 3.24. The number of allylic oxidation sites excluding steroid dienone is 1. The van der Waals surface area contributed by atoms with E-state index in [-0.39, 0.29) is 0 Å². The van der Waals surface area contributed by atoms with Crippen LogP contribution in [0.5, 0.6) is 5.75 Å². The average Bonchev–Trinajstić information content (AvgIpc) is 2.67. The van der Waals surface area contributed by atoms with E-state index < -0.39 is 0 Å². The van der Waals surface area contributed by atoms with Gasteiger partial charge in [-0.2, -0.15) is 5.26 Å². The SMILES string of the molecule is CCCCCCCCOc1ccc(Cl)cc1/C=C(\C#N)c1ccc(Br)cc1. The topological polar surface area (TPSA) is 33.0 Å². The van der Waals surface area contributed by atoms with Crippen molar-refractivity contribution < 1.29 is 4.74 Å². The molecular formula is C23H25BrClNO. The Morgan fingerprint density at radius 2 is 1.78 bits per heavy atom. The molecular weight excluding hydrogens is 422 g/mol. The lowest BCUT2D eigenvalue weighted by atomic mass is 10.0. The molecule has 0 saturated carbocycles. The highest BCUT2D eigenvalue weighted by molar-refractivity contribution is 9.10. The largest absolute Gasteiger partial charge is 0.493 e. The summed E-state index contributed by atoms with van der Waals surface area (Å²) < 4.78 is 6.96. The first kappa shape index (κ1) is 21.5. The number of ether oxygens (including phenoxy) is 1. The van der Waals surface area contributed by atoms with Crippen molar-refractivity contribution in [2.45, 2.75) is 45.4 Å². The van der Waals surface area contributed by atoms with Crippen LogP contribution in [0.4, 0.5) is 0 Å². The molecule has 2 rings (SSSR count). The van der Waals surface area contributed by atoms with E-state index in [0.717, 1.165) is 27.8 Å². The van der Waals surface area contributed by atoms with Crippen molar-refractivity contribution >= 4 is 39.2 Å². The number of unbranched alkanes of at least 4 members (excludes halogenated alkanes) is 5. The molecule has 2 aromatic rings. The molecule has 0 N–H and O–H groups in total. The summed E-state index contributed by atoms with van der Waals surface area (Å²) in [4.78, 5) is 0. The first-order valence-electron chi connectivity index (χ1n) is 9.44. The minimum atomic E-state index is 0.578. The maximum Gasteiger partial charge on any atom is 0.126 e. The summed E-state index contributed by atoms with van der Waals surface area (Å²) in [5.74, 6) is 0.762. The minimum Gasteiger partial charge on any atom is -0.493 e. The Hall–Kier alpha value is -1.76. The number of nitriles is 1. The predicted molar refractivity (Wildman–Crippen MR) is 118 cm³/mol. The third-order valence-electron chi connectivity index (χ3n) is 4.30. The molecule has 0 aromatic heterocycles. The van der Waals surface area contributed by atoms with Crippen molar-refractivity contribution in [2.24, 2.45) is 0 Å². The Morgan fingerprint density at radius 3 is 2.48 bits per heavy atom. The second-order valence-electron chi connectivity index (χ2n) is 6.48. The van der Waals surface area contributed by atoms with Gasteiger partial charge >= 0.3 is 0 Å². The summed E-state index contributed by atoms with van der Waals surface area (Å²) in [5.41, 5.74) is 2.27. The van der Waals surface area contributed by atoms with Gasteiger partial charge in [-0.1, -0.05) is 78.7 Å². The van der Waals surface area contributed by atoms with Crippen molar-refractivity contribution in [3.8, 4) is 11.8 Å². The number of hydrogen-bond acceptors (Lipinski definition) is 2. The van der Waals surface area contributed by atoms with E-state index in [0.29, 0.717) is 17.2 Å². The van der Waals surface area contributed by atoms with Crippen LogP contribution in [-0.4, -0.2) is 6.61 Å². The molecule has 0 amide bonds. The number of halogens is 2. The van der Waals surface area contributed by atoms with E-state index >= 15 is 0 Å². The molecule has 0 aliphatic carbocycles. The smallest absolute Gasteiger partial charge is 0.126 e. The lowest BCUT2D eigenvalue weighted by Gasteiger charge is -2.10. The monoisotopic (exact) mass is 445 g/mol. The number of nitrogens with zero attached hydrogens (tertiary/aromatic N) is 1.